The molecule has 179 valence electrons. The second-order valence-electron chi connectivity index (χ2n) is 5.26. The molecule has 0 unspecified atom stereocenters. The van der Waals surface area contributed by atoms with Crippen molar-refractivity contribution in [2.45, 2.75) is 19.6 Å². The molecule has 0 aromatic carbocycles. The van der Waals surface area contributed by atoms with E-state index < -0.39 is 0 Å². The van der Waals surface area contributed by atoms with E-state index in [2.05, 4.69) is 19.9 Å². The molecule has 3 aromatic rings. The van der Waals surface area contributed by atoms with Crippen molar-refractivity contribution in [2.75, 3.05) is 14.2 Å². The van der Waals surface area contributed by atoms with Gasteiger partial charge in [0.15, 0.2) is 0 Å². The van der Waals surface area contributed by atoms with Crippen molar-refractivity contribution in [1.82, 2.24) is 19.9 Å². The molecule has 0 aliphatic heterocycles. The smallest absolute Gasteiger partial charge is 0.444 e. The largest absolute Gasteiger partial charge is 3.00 e. The monoisotopic (exact) mass is 548 g/mol. The van der Waals surface area contributed by atoms with Gasteiger partial charge in [-0.25, -0.2) is 0 Å². The first-order valence-corrected chi connectivity index (χ1v) is 8.95. The molecule has 0 spiro atoms. The molecule has 3 rings (SSSR count). The van der Waals surface area contributed by atoms with Gasteiger partial charge < -0.3 is 30.4 Å². The van der Waals surface area contributed by atoms with E-state index in [-0.39, 0.29) is 19.5 Å². The summed E-state index contributed by atoms with van der Waals surface area (Å²) in [7, 11) is 2.00. The molecule has 3 heterocycles. The number of rotatable bonds is 6. The van der Waals surface area contributed by atoms with Crippen molar-refractivity contribution in [3.05, 3.63) is 110 Å². The van der Waals surface area contributed by atoms with E-state index in [9.17, 15) is 0 Å². The zero-order valence-electron chi connectivity index (χ0n) is 18.1. The van der Waals surface area contributed by atoms with Crippen LogP contribution in [0.15, 0.2) is 83.9 Å². The third kappa shape index (κ3) is 19.2. The van der Waals surface area contributed by atoms with Gasteiger partial charge in [-0.1, -0.05) is 18.2 Å². The van der Waals surface area contributed by atoms with Crippen LogP contribution < -0.4 is 0 Å². The van der Waals surface area contributed by atoms with Crippen LogP contribution in [0, 0.1) is 20.2 Å². The predicted octanol–water partition coefficient (Wildman–Crippen LogP) is 2.79. The topological polar surface area (TPSA) is 187 Å². The number of hydrogen-bond acceptors (Lipinski definition) is 12. The Kier molecular flexibility index (Phi) is 27.9. The van der Waals surface area contributed by atoms with Crippen LogP contribution in [0.4, 0.5) is 0 Å². The van der Waals surface area contributed by atoms with E-state index >= 15 is 0 Å². The van der Waals surface area contributed by atoms with E-state index in [0.29, 0.717) is 0 Å². The Hall–Kier alpha value is -3.25. The molecule has 0 fully saturated rings. The summed E-state index contributed by atoms with van der Waals surface area (Å²) >= 11 is 0. The van der Waals surface area contributed by atoms with Crippen molar-refractivity contribution in [1.29, 1.82) is 0 Å². The quantitative estimate of drug-likeness (QED) is 0.264. The van der Waals surface area contributed by atoms with Crippen LogP contribution in [-0.4, -0.2) is 44.3 Å². The normalized spacial score (nSPS) is 8.27. The molecule has 0 aliphatic rings. The Morgan fingerprint density at radius 1 is 0.667 bits per heavy atom. The average molecular weight is 548 g/mol. The maximum atomic E-state index is 8.00. The average Bonchev–Trinajstić information content (AvgIpc) is 2.85. The van der Waals surface area contributed by atoms with E-state index in [1.165, 1.54) is 0 Å². The summed E-state index contributed by atoms with van der Waals surface area (Å²) in [5.41, 5.74) is 3.15. The zero-order chi connectivity index (χ0) is 24.5. The fourth-order valence-corrected chi connectivity index (χ4v) is 2.33. The molecule has 1 radical (unpaired) electrons. The number of aliphatic hydroxyl groups is 2. The molecule has 3 aromatic heterocycles. The van der Waals surface area contributed by atoms with Gasteiger partial charge in [0.25, 0.3) is 0 Å². The van der Waals surface area contributed by atoms with Crippen LogP contribution in [0.1, 0.15) is 17.1 Å². The second-order valence-corrected chi connectivity index (χ2v) is 5.26. The van der Waals surface area contributed by atoms with Gasteiger partial charge in [0.1, 0.15) is 0 Å². The third-order valence-corrected chi connectivity index (χ3v) is 3.34. The Balaban J connectivity index is -0.000000714. The van der Waals surface area contributed by atoms with Crippen molar-refractivity contribution in [2.24, 2.45) is 10.7 Å². The van der Waals surface area contributed by atoms with E-state index in [0.717, 1.165) is 61.6 Å². The minimum atomic E-state index is 0. The predicted molar refractivity (Wildman–Crippen MR) is 120 cm³/mol. The maximum absolute atomic E-state index is 8.00. The molecule has 13 heteroatoms. The summed E-state index contributed by atoms with van der Waals surface area (Å²) in [6, 6.07) is 18.0. The fraction of sp³-hybridized carbons (Fsp3) is 0.250. The summed E-state index contributed by atoms with van der Waals surface area (Å²) in [6.45, 7) is 2.32. The summed E-state index contributed by atoms with van der Waals surface area (Å²) in [4.78, 5) is 31.6. The van der Waals surface area contributed by atoms with Gasteiger partial charge >= 0.3 is 19.5 Å². The molecular formula is C20H26N6O6Ru+. The van der Waals surface area contributed by atoms with Gasteiger partial charge in [-0.15, -0.1) is 10.7 Å². The van der Waals surface area contributed by atoms with Crippen LogP contribution in [0.25, 0.3) is 0 Å². The molecule has 0 saturated carbocycles. The van der Waals surface area contributed by atoms with E-state index in [4.69, 9.17) is 30.4 Å². The van der Waals surface area contributed by atoms with Crippen LogP contribution in [0.2, 0.25) is 0 Å². The Bertz CT molecular complexity index is 686. The Morgan fingerprint density at radius 2 is 0.909 bits per heavy atom. The van der Waals surface area contributed by atoms with Crippen molar-refractivity contribution in [3.63, 3.8) is 0 Å². The Morgan fingerprint density at radius 3 is 1.09 bits per heavy atom. The molecule has 0 amide bonds. The first kappa shape index (κ1) is 34.4. The van der Waals surface area contributed by atoms with E-state index in [1.807, 2.05) is 73.2 Å². The summed E-state index contributed by atoms with van der Waals surface area (Å²) < 4.78 is 0. The van der Waals surface area contributed by atoms with Crippen molar-refractivity contribution in [3.8, 4) is 0 Å². The van der Waals surface area contributed by atoms with Crippen LogP contribution in [0.3, 0.4) is 0 Å². The fourth-order valence-electron chi connectivity index (χ4n) is 2.33. The number of hydrogen-bond donors (Lipinski definition) is 2. The molecule has 0 bridgehead atoms. The summed E-state index contributed by atoms with van der Waals surface area (Å²) in [6.07, 6.45) is 5.49. The molecule has 0 saturated heterocycles. The van der Waals surface area contributed by atoms with Gasteiger partial charge in [-0.3, -0.25) is 19.9 Å². The van der Waals surface area contributed by atoms with Gasteiger partial charge in [-0.05, 0) is 36.4 Å². The van der Waals surface area contributed by atoms with Gasteiger partial charge in [0.2, 0.25) is 0 Å². The Labute approximate surface area is 204 Å². The SMILES string of the molecule is CO.CO.O=N[O-].O=N[O-].[Ru+3].c1ccc(CN(Cc2ccccn2)Cc2ccccn2)nc1. The minimum Gasteiger partial charge on any atom is -0.444 e. The summed E-state index contributed by atoms with van der Waals surface area (Å²) in [5, 5.41) is 32.0. The molecule has 0 aliphatic carbocycles. The van der Waals surface area contributed by atoms with E-state index in [1.54, 1.807) is 0 Å². The molecular weight excluding hydrogens is 521 g/mol. The molecule has 33 heavy (non-hydrogen) atoms. The maximum Gasteiger partial charge on any atom is 3.00 e. The first-order valence-electron chi connectivity index (χ1n) is 8.95. The van der Waals surface area contributed by atoms with Gasteiger partial charge in [-0.2, -0.15) is 0 Å². The first-order chi connectivity index (χ1) is 15.7. The number of pyridine rings is 3. The molecule has 0 atom stereocenters. The van der Waals surface area contributed by atoms with Gasteiger partial charge in [0.05, 0.1) is 17.1 Å². The van der Waals surface area contributed by atoms with Crippen LogP contribution >= 0.6 is 0 Å². The summed E-state index contributed by atoms with van der Waals surface area (Å²) in [5.74, 6) is 0. The zero-order valence-corrected chi connectivity index (χ0v) is 19.9. The minimum absolute atomic E-state index is 0. The van der Waals surface area contributed by atoms with Crippen molar-refractivity contribution < 1.29 is 29.7 Å². The standard InChI is InChI=1S/C18H18N4.2CH4O.2HNO2.Ru/c1-4-10-19-16(7-1)13-22(14-17-8-2-5-11-20-17)15-18-9-3-6-12-21-18;2*1-2;2*2-1-3;/h1-12H,13-15H2;2*2H,1H3;2*(H,2,3);/q;;;;;+3/p-2. The van der Waals surface area contributed by atoms with Gasteiger partial charge in [0, 0.05) is 52.4 Å². The third-order valence-electron chi connectivity index (χ3n) is 3.34. The van der Waals surface area contributed by atoms with Crippen molar-refractivity contribution >= 4 is 0 Å². The number of nitrogens with zero attached hydrogens (tertiary/aromatic N) is 6. The second kappa shape index (κ2) is 26.8. The van der Waals surface area contributed by atoms with Crippen LogP contribution in [0.5, 0.6) is 0 Å². The molecule has 12 nitrogen and oxygen atoms in total. The number of aliphatic hydroxyl groups excluding tert-OH is 2. The molecule has 2 N–H and O–H groups in total. The van der Waals surface area contributed by atoms with Crippen LogP contribution in [-0.2, 0) is 39.1 Å². The number of aromatic nitrogens is 3.